The molecule has 0 bridgehead atoms. The average molecular weight is 308 g/mol. The summed E-state index contributed by atoms with van der Waals surface area (Å²) in [5.41, 5.74) is 3.47. The van der Waals surface area contributed by atoms with E-state index in [9.17, 15) is 4.39 Å². The summed E-state index contributed by atoms with van der Waals surface area (Å²) < 4.78 is 13.9. The van der Waals surface area contributed by atoms with Crippen LogP contribution in [-0.2, 0) is 13.1 Å². The van der Waals surface area contributed by atoms with Crippen LogP contribution in [0.5, 0.6) is 0 Å². The van der Waals surface area contributed by atoms with E-state index in [2.05, 4.69) is 40.3 Å². The minimum Gasteiger partial charge on any atom is -0.309 e. The van der Waals surface area contributed by atoms with Gasteiger partial charge in [-0.05, 0) is 45.6 Å². The third-order valence-corrected chi connectivity index (χ3v) is 3.81. The summed E-state index contributed by atoms with van der Waals surface area (Å²) in [5.74, 6) is -0.217. The zero-order chi connectivity index (χ0) is 13.0. The van der Waals surface area contributed by atoms with Gasteiger partial charge in [0, 0.05) is 13.1 Å². The normalized spacial score (nSPS) is 10.6. The Morgan fingerprint density at radius 1 is 1.00 bits per heavy atom. The van der Waals surface area contributed by atoms with Gasteiger partial charge in [-0.1, -0.05) is 36.4 Å². The van der Waals surface area contributed by atoms with Crippen LogP contribution in [0, 0.1) is 12.7 Å². The Kier molecular flexibility index (Phi) is 4.50. The van der Waals surface area contributed by atoms with Crippen LogP contribution in [0.2, 0.25) is 0 Å². The van der Waals surface area contributed by atoms with Gasteiger partial charge in [-0.2, -0.15) is 0 Å². The molecule has 0 spiro atoms. The van der Waals surface area contributed by atoms with E-state index in [0.29, 0.717) is 11.0 Å². The van der Waals surface area contributed by atoms with E-state index >= 15 is 0 Å². The van der Waals surface area contributed by atoms with Gasteiger partial charge in [0.2, 0.25) is 0 Å². The summed E-state index contributed by atoms with van der Waals surface area (Å²) in [5, 5.41) is 3.33. The lowest BCUT2D eigenvalue weighted by molar-refractivity contribution is 0.612. The molecule has 1 nitrogen and oxygen atoms in total. The van der Waals surface area contributed by atoms with Crippen molar-refractivity contribution in [1.82, 2.24) is 5.32 Å². The standard InChI is InChI=1S/C15H15BrFN/c1-11-5-2-3-6-12(11)9-18-10-13-7-4-8-14(17)15(13)16/h2-8,18H,9-10H2,1H3. The van der Waals surface area contributed by atoms with E-state index in [1.807, 2.05) is 18.2 Å². The highest BCUT2D eigenvalue weighted by atomic mass is 79.9. The van der Waals surface area contributed by atoms with Crippen LogP contribution in [0.15, 0.2) is 46.9 Å². The van der Waals surface area contributed by atoms with E-state index in [1.54, 1.807) is 6.07 Å². The molecular formula is C15H15BrFN. The fraction of sp³-hybridized carbons (Fsp3) is 0.200. The smallest absolute Gasteiger partial charge is 0.137 e. The van der Waals surface area contributed by atoms with Gasteiger partial charge in [0.25, 0.3) is 0 Å². The summed E-state index contributed by atoms with van der Waals surface area (Å²) in [6, 6.07) is 13.3. The van der Waals surface area contributed by atoms with Crippen LogP contribution in [0.4, 0.5) is 4.39 Å². The Morgan fingerprint density at radius 3 is 2.44 bits per heavy atom. The highest BCUT2D eigenvalue weighted by Gasteiger charge is 2.04. The minimum absolute atomic E-state index is 0.217. The first-order valence-electron chi connectivity index (χ1n) is 5.86. The Labute approximate surface area is 115 Å². The van der Waals surface area contributed by atoms with Crippen molar-refractivity contribution >= 4 is 15.9 Å². The van der Waals surface area contributed by atoms with Gasteiger partial charge < -0.3 is 5.32 Å². The highest BCUT2D eigenvalue weighted by molar-refractivity contribution is 9.10. The molecule has 0 aliphatic heterocycles. The predicted molar refractivity (Wildman–Crippen MR) is 75.8 cm³/mol. The van der Waals surface area contributed by atoms with E-state index < -0.39 is 0 Å². The van der Waals surface area contributed by atoms with Crippen LogP contribution in [0.3, 0.4) is 0 Å². The second kappa shape index (κ2) is 6.12. The molecule has 0 atom stereocenters. The monoisotopic (exact) mass is 307 g/mol. The molecule has 2 rings (SSSR count). The molecule has 1 N–H and O–H groups in total. The van der Waals surface area contributed by atoms with Crippen molar-refractivity contribution in [2.75, 3.05) is 0 Å². The Bertz CT molecular complexity index is 540. The molecule has 0 aliphatic rings. The molecule has 0 heterocycles. The van der Waals surface area contributed by atoms with Crippen LogP contribution >= 0.6 is 15.9 Å². The van der Waals surface area contributed by atoms with Gasteiger partial charge in [0.05, 0.1) is 4.47 Å². The van der Waals surface area contributed by atoms with Gasteiger partial charge in [0.15, 0.2) is 0 Å². The lowest BCUT2D eigenvalue weighted by Crippen LogP contribution is -2.14. The molecule has 0 amide bonds. The lowest BCUT2D eigenvalue weighted by atomic mass is 10.1. The van der Waals surface area contributed by atoms with Gasteiger partial charge in [0.1, 0.15) is 5.82 Å². The third-order valence-electron chi connectivity index (χ3n) is 2.92. The predicted octanol–water partition coefficient (Wildman–Crippen LogP) is 4.19. The summed E-state index contributed by atoms with van der Waals surface area (Å²) in [6.07, 6.45) is 0. The Hall–Kier alpha value is -1.19. The number of benzene rings is 2. The highest BCUT2D eigenvalue weighted by Crippen LogP contribution is 2.20. The fourth-order valence-electron chi connectivity index (χ4n) is 1.83. The van der Waals surface area contributed by atoms with E-state index in [1.165, 1.54) is 17.2 Å². The van der Waals surface area contributed by atoms with Crippen LogP contribution < -0.4 is 5.32 Å². The molecule has 2 aromatic carbocycles. The SMILES string of the molecule is Cc1ccccc1CNCc1cccc(F)c1Br. The fourth-order valence-corrected chi connectivity index (χ4v) is 2.23. The van der Waals surface area contributed by atoms with Gasteiger partial charge >= 0.3 is 0 Å². The van der Waals surface area contributed by atoms with Crippen molar-refractivity contribution in [3.8, 4) is 0 Å². The number of halogens is 2. The second-order valence-corrected chi connectivity index (χ2v) is 5.04. The average Bonchev–Trinajstić information content (AvgIpc) is 2.37. The second-order valence-electron chi connectivity index (χ2n) is 4.24. The molecule has 0 unspecified atom stereocenters. The summed E-state index contributed by atoms with van der Waals surface area (Å²) in [7, 11) is 0. The molecule has 18 heavy (non-hydrogen) atoms. The van der Waals surface area contributed by atoms with Crippen molar-refractivity contribution in [2.45, 2.75) is 20.0 Å². The van der Waals surface area contributed by atoms with Crippen molar-refractivity contribution in [2.24, 2.45) is 0 Å². The first kappa shape index (κ1) is 13.2. The maximum atomic E-state index is 13.3. The molecule has 0 saturated heterocycles. The summed E-state index contributed by atoms with van der Waals surface area (Å²) in [6.45, 7) is 3.53. The molecule has 0 fully saturated rings. The van der Waals surface area contributed by atoms with Gasteiger partial charge in [-0.15, -0.1) is 0 Å². The first-order valence-corrected chi connectivity index (χ1v) is 6.66. The molecule has 3 heteroatoms. The first-order chi connectivity index (χ1) is 8.68. The van der Waals surface area contributed by atoms with Crippen LogP contribution in [-0.4, -0.2) is 0 Å². The summed E-state index contributed by atoms with van der Waals surface area (Å²) >= 11 is 3.27. The molecule has 94 valence electrons. The van der Waals surface area contributed by atoms with Crippen LogP contribution in [0.1, 0.15) is 16.7 Å². The Morgan fingerprint density at radius 2 is 1.67 bits per heavy atom. The molecule has 0 radical (unpaired) electrons. The molecule has 0 aliphatic carbocycles. The van der Waals surface area contributed by atoms with Crippen molar-refractivity contribution < 1.29 is 4.39 Å². The number of rotatable bonds is 4. The summed E-state index contributed by atoms with van der Waals surface area (Å²) in [4.78, 5) is 0. The maximum absolute atomic E-state index is 13.3. The molecule has 0 aromatic heterocycles. The van der Waals surface area contributed by atoms with Gasteiger partial charge in [-0.25, -0.2) is 4.39 Å². The van der Waals surface area contributed by atoms with Crippen molar-refractivity contribution in [3.05, 3.63) is 69.4 Å². The minimum atomic E-state index is -0.217. The van der Waals surface area contributed by atoms with E-state index in [-0.39, 0.29) is 5.82 Å². The number of nitrogens with one attached hydrogen (secondary N) is 1. The largest absolute Gasteiger partial charge is 0.309 e. The number of hydrogen-bond donors (Lipinski definition) is 1. The topological polar surface area (TPSA) is 12.0 Å². The zero-order valence-electron chi connectivity index (χ0n) is 10.2. The van der Waals surface area contributed by atoms with Crippen LogP contribution in [0.25, 0.3) is 0 Å². The molecule has 0 saturated carbocycles. The maximum Gasteiger partial charge on any atom is 0.137 e. The van der Waals surface area contributed by atoms with E-state index in [0.717, 1.165) is 12.1 Å². The lowest BCUT2D eigenvalue weighted by Gasteiger charge is -2.09. The van der Waals surface area contributed by atoms with Crippen molar-refractivity contribution in [1.29, 1.82) is 0 Å². The quantitative estimate of drug-likeness (QED) is 0.893. The molecular weight excluding hydrogens is 293 g/mol. The number of hydrogen-bond acceptors (Lipinski definition) is 1. The van der Waals surface area contributed by atoms with E-state index in [4.69, 9.17) is 0 Å². The van der Waals surface area contributed by atoms with Gasteiger partial charge in [-0.3, -0.25) is 0 Å². The molecule has 2 aromatic rings. The zero-order valence-corrected chi connectivity index (χ0v) is 11.8. The number of aryl methyl sites for hydroxylation is 1. The Balaban J connectivity index is 1.97. The van der Waals surface area contributed by atoms with Crippen molar-refractivity contribution in [3.63, 3.8) is 0 Å². The third kappa shape index (κ3) is 3.18.